The predicted molar refractivity (Wildman–Crippen MR) is 226 cm³/mol. The van der Waals surface area contributed by atoms with Crippen LogP contribution in [0, 0.1) is 11.8 Å². The molecule has 4 aromatic carbocycles. The number of allylic oxidation sites excluding steroid dienone is 2. The van der Waals surface area contributed by atoms with E-state index in [2.05, 4.69) is 16.0 Å². The fraction of sp³-hybridized carbons (Fsp3) is 0.375. The Morgan fingerprint density at radius 1 is 0.780 bits per heavy atom. The summed E-state index contributed by atoms with van der Waals surface area (Å²) in [7, 11) is 0. The monoisotopic (exact) mass is 803 g/mol. The molecule has 0 spiro atoms. The van der Waals surface area contributed by atoms with Gasteiger partial charge in [-0.25, -0.2) is 4.79 Å². The summed E-state index contributed by atoms with van der Waals surface area (Å²) in [6, 6.07) is 35.6. The summed E-state index contributed by atoms with van der Waals surface area (Å²) in [5.74, 6) is -1.31. The van der Waals surface area contributed by atoms with Crippen molar-refractivity contribution >= 4 is 23.9 Å². The standard InChI is InChI=1S/C48H57N3O8/c52-32-43(30-37-24-26-44(27-25-37)57-33-38-17-7-2-8-18-38)50-45(53)31-40-21-11-4-12-22-41(29-36-15-5-1-6-16-36)47(55)58-35-42(51-46(40)54)23-13-14-28-49-48(56)59-34-39-19-9-3-10-20-39/h1-11,15-20,24-27,40-43,52H,12-14,21-23,28-35H2,(H,49,56)(H,50,53)(H,51,54)/t40-,41-,42+,43+/m1/s1. The average molecular weight is 804 g/mol. The first-order valence-electron chi connectivity index (χ1n) is 20.6. The van der Waals surface area contributed by atoms with E-state index < -0.39 is 24.1 Å². The Hall–Kier alpha value is -5.94. The van der Waals surface area contributed by atoms with Gasteiger partial charge in [-0.15, -0.1) is 0 Å². The number of amides is 3. The maximum Gasteiger partial charge on any atom is 0.407 e. The molecule has 0 bridgehead atoms. The smallest absolute Gasteiger partial charge is 0.407 e. The number of cyclic esters (lactones) is 1. The molecule has 5 rings (SSSR count). The second-order valence-electron chi connectivity index (χ2n) is 15.0. The topological polar surface area (TPSA) is 152 Å². The third-order valence-electron chi connectivity index (χ3n) is 10.2. The Labute approximate surface area is 347 Å². The number of carbonyl (C=O) groups excluding carboxylic acids is 4. The SMILES string of the molecule is O=C(C[C@H]1CC=CCC[C@H](Cc2ccccc2)C(=O)OC[C@H](CCCCNC(=O)OCc2ccccc2)NC1=O)N[C@H](CO)Cc1ccc(OCc2ccccc2)cc1. The van der Waals surface area contributed by atoms with Crippen molar-refractivity contribution in [2.24, 2.45) is 11.8 Å². The molecule has 0 saturated heterocycles. The van der Waals surface area contributed by atoms with Crippen LogP contribution in [-0.2, 0) is 49.9 Å². The van der Waals surface area contributed by atoms with E-state index in [9.17, 15) is 24.3 Å². The van der Waals surface area contributed by atoms with Gasteiger partial charge in [0.1, 0.15) is 25.6 Å². The quantitative estimate of drug-likeness (QED) is 0.0476. The van der Waals surface area contributed by atoms with Crippen molar-refractivity contribution in [1.29, 1.82) is 0 Å². The van der Waals surface area contributed by atoms with Crippen LogP contribution in [0.25, 0.3) is 0 Å². The maximum atomic E-state index is 13.8. The van der Waals surface area contributed by atoms with Gasteiger partial charge in [-0.2, -0.15) is 0 Å². The zero-order chi connectivity index (χ0) is 41.5. The zero-order valence-electron chi connectivity index (χ0n) is 33.6. The lowest BCUT2D eigenvalue weighted by Crippen LogP contribution is -2.45. The van der Waals surface area contributed by atoms with E-state index in [-0.39, 0.29) is 49.9 Å². The predicted octanol–water partition coefficient (Wildman–Crippen LogP) is 7.02. The highest BCUT2D eigenvalue weighted by Gasteiger charge is 2.27. The molecule has 0 aliphatic carbocycles. The number of rotatable bonds is 18. The first kappa shape index (κ1) is 44.2. The highest BCUT2D eigenvalue weighted by Crippen LogP contribution is 2.20. The minimum absolute atomic E-state index is 0.0164. The van der Waals surface area contributed by atoms with Crippen molar-refractivity contribution in [3.63, 3.8) is 0 Å². The van der Waals surface area contributed by atoms with Crippen LogP contribution in [0.1, 0.15) is 67.2 Å². The lowest BCUT2D eigenvalue weighted by Gasteiger charge is -2.24. The van der Waals surface area contributed by atoms with Crippen LogP contribution in [0.2, 0.25) is 0 Å². The average Bonchev–Trinajstić information content (AvgIpc) is 3.27. The molecule has 0 fully saturated rings. The Morgan fingerprint density at radius 3 is 2.12 bits per heavy atom. The number of nitrogens with one attached hydrogen (secondary N) is 3. The summed E-state index contributed by atoms with van der Waals surface area (Å²) < 4.78 is 17.1. The molecule has 4 atom stereocenters. The molecule has 0 aromatic heterocycles. The number of unbranched alkanes of at least 4 members (excludes halogenated alkanes) is 1. The van der Waals surface area contributed by atoms with Gasteiger partial charge in [0, 0.05) is 13.0 Å². The normalized spacial score (nSPS) is 17.8. The molecule has 0 saturated carbocycles. The van der Waals surface area contributed by atoms with Gasteiger partial charge in [-0.05, 0) is 85.8 Å². The van der Waals surface area contributed by atoms with Gasteiger partial charge in [-0.1, -0.05) is 115 Å². The Morgan fingerprint density at radius 2 is 1.44 bits per heavy atom. The minimum atomic E-state index is -0.688. The Bertz CT molecular complexity index is 1890. The van der Waals surface area contributed by atoms with Crippen LogP contribution in [0.15, 0.2) is 127 Å². The van der Waals surface area contributed by atoms with Gasteiger partial charge in [0.25, 0.3) is 0 Å². The van der Waals surface area contributed by atoms with E-state index in [4.69, 9.17) is 14.2 Å². The van der Waals surface area contributed by atoms with Gasteiger partial charge < -0.3 is 35.3 Å². The molecule has 1 aliphatic heterocycles. The highest BCUT2D eigenvalue weighted by molar-refractivity contribution is 5.86. The molecule has 3 amide bonds. The lowest BCUT2D eigenvalue weighted by atomic mass is 9.94. The number of hydrogen-bond acceptors (Lipinski definition) is 8. The Kier molecular flexibility index (Phi) is 18.5. The second-order valence-corrected chi connectivity index (χ2v) is 15.0. The van der Waals surface area contributed by atoms with Gasteiger partial charge >= 0.3 is 12.1 Å². The van der Waals surface area contributed by atoms with Crippen molar-refractivity contribution in [2.45, 2.75) is 83.1 Å². The molecule has 11 nitrogen and oxygen atoms in total. The summed E-state index contributed by atoms with van der Waals surface area (Å²) in [5, 5.41) is 18.9. The molecule has 1 aliphatic rings. The molecule has 4 aromatic rings. The Balaban J connectivity index is 1.16. The summed E-state index contributed by atoms with van der Waals surface area (Å²) in [4.78, 5) is 52.9. The molecule has 11 heteroatoms. The van der Waals surface area contributed by atoms with E-state index in [1.807, 2.05) is 127 Å². The number of carbonyl (C=O) groups is 4. The first-order valence-corrected chi connectivity index (χ1v) is 20.6. The summed E-state index contributed by atoms with van der Waals surface area (Å²) in [6.07, 6.45) is 7.44. The molecule has 4 N–H and O–H groups in total. The number of ether oxygens (including phenoxy) is 3. The van der Waals surface area contributed by atoms with Gasteiger partial charge in [-0.3, -0.25) is 14.4 Å². The van der Waals surface area contributed by atoms with Crippen LogP contribution in [0.4, 0.5) is 4.79 Å². The van der Waals surface area contributed by atoms with Crippen LogP contribution >= 0.6 is 0 Å². The van der Waals surface area contributed by atoms with Crippen molar-refractivity contribution in [3.8, 4) is 5.75 Å². The van der Waals surface area contributed by atoms with Crippen LogP contribution in [0.5, 0.6) is 5.75 Å². The number of esters is 1. The molecule has 0 radical (unpaired) electrons. The van der Waals surface area contributed by atoms with Gasteiger partial charge in [0.2, 0.25) is 11.8 Å². The minimum Gasteiger partial charge on any atom is -0.489 e. The lowest BCUT2D eigenvalue weighted by molar-refractivity contribution is -0.150. The number of alkyl carbamates (subject to hydrolysis) is 1. The van der Waals surface area contributed by atoms with Gasteiger partial charge in [0.15, 0.2) is 0 Å². The van der Waals surface area contributed by atoms with Crippen molar-refractivity contribution in [1.82, 2.24) is 16.0 Å². The summed E-state index contributed by atoms with van der Waals surface area (Å²) in [5.41, 5.74) is 3.92. The first-order chi connectivity index (χ1) is 28.8. The van der Waals surface area contributed by atoms with E-state index in [0.717, 1.165) is 28.0 Å². The van der Waals surface area contributed by atoms with Crippen LogP contribution in [0.3, 0.4) is 0 Å². The number of aliphatic hydroxyl groups excluding tert-OH is 1. The third kappa shape index (κ3) is 16.4. The maximum absolute atomic E-state index is 13.8. The highest BCUT2D eigenvalue weighted by atomic mass is 16.5. The number of benzene rings is 4. The van der Waals surface area contributed by atoms with Gasteiger partial charge in [0.05, 0.1) is 30.5 Å². The van der Waals surface area contributed by atoms with E-state index in [0.29, 0.717) is 64.5 Å². The fourth-order valence-corrected chi connectivity index (χ4v) is 6.88. The third-order valence-corrected chi connectivity index (χ3v) is 10.2. The van der Waals surface area contributed by atoms with Crippen LogP contribution in [-0.4, -0.2) is 60.8 Å². The van der Waals surface area contributed by atoms with Crippen molar-refractivity contribution < 1.29 is 38.5 Å². The molecule has 59 heavy (non-hydrogen) atoms. The number of hydrogen-bond donors (Lipinski definition) is 4. The largest absolute Gasteiger partial charge is 0.489 e. The summed E-state index contributed by atoms with van der Waals surface area (Å²) >= 11 is 0. The van der Waals surface area contributed by atoms with Crippen molar-refractivity contribution in [3.05, 3.63) is 150 Å². The van der Waals surface area contributed by atoms with Crippen molar-refractivity contribution in [2.75, 3.05) is 19.8 Å². The zero-order valence-corrected chi connectivity index (χ0v) is 33.6. The van der Waals surface area contributed by atoms with E-state index in [1.54, 1.807) is 0 Å². The number of aliphatic hydroxyl groups is 1. The van der Waals surface area contributed by atoms with E-state index in [1.165, 1.54) is 0 Å². The molecular weight excluding hydrogens is 747 g/mol. The molecule has 312 valence electrons. The molecule has 1 heterocycles. The van der Waals surface area contributed by atoms with Crippen LogP contribution < -0.4 is 20.7 Å². The summed E-state index contributed by atoms with van der Waals surface area (Å²) in [6.45, 7) is 0.708. The fourth-order valence-electron chi connectivity index (χ4n) is 6.88. The second kappa shape index (κ2) is 24.7. The molecule has 0 unspecified atom stereocenters. The van der Waals surface area contributed by atoms with E-state index >= 15 is 0 Å². The molecular formula is C48H57N3O8.